The molecule has 0 radical (unpaired) electrons. The highest BCUT2D eigenvalue weighted by atomic mass is 16.2. The lowest BCUT2D eigenvalue weighted by Gasteiger charge is -2.23. The first-order valence-electron chi connectivity index (χ1n) is 5.69. The zero-order valence-electron chi connectivity index (χ0n) is 10.6. The molecule has 1 atom stereocenters. The van der Waals surface area contributed by atoms with E-state index in [2.05, 4.69) is 15.2 Å². The third-order valence-electron chi connectivity index (χ3n) is 2.93. The molecular formula is C11H20N4O2. The van der Waals surface area contributed by atoms with E-state index in [4.69, 9.17) is 0 Å². The minimum Gasteiger partial charge on any atom is -0.359 e. The SMILES string of the molecule is CNC(=O)CC(C)N(C)CCn1cc[nH]c1=O. The van der Waals surface area contributed by atoms with Gasteiger partial charge in [0.2, 0.25) is 5.91 Å². The van der Waals surface area contributed by atoms with Gasteiger partial charge >= 0.3 is 5.69 Å². The van der Waals surface area contributed by atoms with E-state index in [-0.39, 0.29) is 17.6 Å². The van der Waals surface area contributed by atoms with E-state index in [9.17, 15) is 9.59 Å². The van der Waals surface area contributed by atoms with Crippen LogP contribution in [0.15, 0.2) is 17.2 Å². The van der Waals surface area contributed by atoms with Gasteiger partial charge in [0.25, 0.3) is 0 Å². The molecular weight excluding hydrogens is 220 g/mol. The zero-order chi connectivity index (χ0) is 12.8. The van der Waals surface area contributed by atoms with Gasteiger partial charge in [-0.1, -0.05) is 0 Å². The lowest BCUT2D eigenvalue weighted by molar-refractivity contribution is -0.121. The number of hydrogen-bond acceptors (Lipinski definition) is 3. The maximum Gasteiger partial charge on any atom is 0.325 e. The van der Waals surface area contributed by atoms with Crippen molar-refractivity contribution in [3.05, 3.63) is 22.9 Å². The van der Waals surface area contributed by atoms with Crippen LogP contribution in [0.1, 0.15) is 13.3 Å². The third-order valence-corrected chi connectivity index (χ3v) is 2.93. The van der Waals surface area contributed by atoms with Gasteiger partial charge in [-0.25, -0.2) is 4.79 Å². The summed E-state index contributed by atoms with van der Waals surface area (Å²) in [5.74, 6) is 0.0307. The topological polar surface area (TPSA) is 70.1 Å². The Labute approximate surface area is 101 Å². The van der Waals surface area contributed by atoms with Crippen LogP contribution in [-0.4, -0.2) is 47.0 Å². The molecule has 1 unspecified atom stereocenters. The summed E-state index contributed by atoms with van der Waals surface area (Å²) < 4.78 is 1.61. The number of aromatic nitrogens is 2. The standard InChI is InChI=1S/C11H20N4O2/c1-9(8-10(16)12-2)14(3)6-7-15-5-4-13-11(15)17/h4-5,9H,6-8H2,1-3H3,(H,12,16)(H,13,17). The summed E-state index contributed by atoms with van der Waals surface area (Å²) in [6.07, 6.45) is 3.81. The quantitative estimate of drug-likeness (QED) is 0.713. The van der Waals surface area contributed by atoms with Crippen molar-refractivity contribution in [3.8, 4) is 0 Å². The minimum atomic E-state index is -0.0997. The maximum absolute atomic E-state index is 11.3. The Morgan fingerprint density at radius 1 is 1.65 bits per heavy atom. The Balaban J connectivity index is 2.39. The minimum absolute atomic E-state index is 0.0307. The molecule has 0 fully saturated rings. The van der Waals surface area contributed by atoms with Gasteiger partial charge in [-0.15, -0.1) is 0 Å². The summed E-state index contributed by atoms with van der Waals surface area (Å²) in [7, 11) is 3.58. The summed E-state index contributed by atoms with van der Waals surface area (Å²) in [5, 5.41) is 2.60. The molecule has 0 bridgehead atoms. The Morgan fingerprint density at radius 2 is 2.35 bits per heavy atom. The van der Waals surface area contributed by atoms with Crippen LogP contribution in [0.5, 0.6) is 0 Å². The van der Waals surface area contributed by atoms with Crippen LogP contribution in [0.25, 0.3) is 0 Å². The molecule has 17 heavy (non-hydrogen) atoms. The Bertz CT molecular complexity index is 410. The predicted octanol–water partition coefficient (Wildman–Crippen LogP) is -0.367. The van der Waals surface area contributed by atoms with Crippen LogP contribution in [-0.2, 0) is 11.3 Å². The average Bonchev–Trinajstić information content (AvgIpc) is 2.71. The van der Waals surface area contributed by atoms with Crippen LogP contribution in [0, 0.1) is 0 Å². The van der Waals surface area contributed by atoms with Crippen molar-refractivity contribution in [1.82, 2.24) is 19.8 Å². The molecule has 0 aliphatic rings. The number of amides is 1. The van der Waals surface area contributed by atoms with Crippen molar-refractivity contribution in [2.75, 3.05) is 20.6 Å². The van der Waals surface area contributed by atoms with E-state index in [0.717, 1.165) is 6.54 Å². The van der Waals surface area contributed by atoms with Gasteiger partial charge in [-0.05, 0) is 14.0 Å². The number of nitrogens with one attached hydrogen (secondary N) is 2. The Hall–Kier alpha value is -1.56. The van der Waals surface area contributed by atoms with Gasteiger partial charge in [0.15, 0.2) is 0 Å². The highest BCUT2D eigenvalue weighted by Gasteiger charge is 2.12. The van der Waals surface area contributed by atoms with Gasteiger partial charge in [0, 0.05) is 45.0 Å². The number of carbonyl (C=O) groups is 1. The molecule has 6 heteroatoms. The normalized spacial score (nSPS) is 12.7. The molecule has 1 aromatic heterocycles. The fourth-order valence-corrected chi connectivity index (χ4v) is 1.54. The molecule has 1 heterocycles. The van der Waals surface area contributed by atoms with Gasteiger partial charge in [0.05, 0.1) is 0 Å². The largest absolute Gasteiger partial charge is 0.359 e. The van der Waals surface area contributed by atoms with Crippen molar-refractivity contribution < 1.29 is 4.79 Å². The third kappa shape index (κ3) is 4.07. The molecule has 0 aliphatic carbocycles. The number of rotatable bonds is 6. The van der Waals surface area contributed by atoms with Crippen LogP contribution in [0.2, 0.25) is 0 Å². The molecule has 0 saturated carbocycles. The monoisotopic (exact) mass is 240 g/mol. The second kappa shape index (κ2) is 6.24. The summed E-state index contributed by atoms with van der Waals surface area (Å²) in [6, 6.07) is 0.157. The second-order valence-corrected chi connectivity index (χ2v) is 4.17. The summed E-state index contributed by atoms with van der Waals surface area (Å²) in [6.45, 7) is 3.35. The van der Waals surface area contributed by atoms with Crippen molar-refractivity contribution in [2.24, 2.45) is 0 Å². The number of aromatic amines is 1. The van der Waals surface area contributed by atoms with Gasteiger partial charge in [-0.2, -0.15) is 0 Å². The van der Waals surface area contributed by atoms with E-state index in [0.29, 0.717) is 13.0 Å². The summed E-state index contributed by atoms with van der Waals surface area (Å²) in [4.78, 5) is 27.1. The number of carbonyl (C=O) groups excluding carboxylic acids is 1. The number of likely N-dealkylation sites (N-methyl/N-ethyl adjacent to an activating group) is 1. The van der Waals surface area contributed by atoms with E-state index < -0.39 is 0 Å². The first-order chi connectivity index (χ1) is 8.04. The smallest absolute Gasteiger partial charge is 0.325 e. The second-order valence-electron chi connectivity index (χ2n) is 4.17. The lowest BCUT2D eigenvalue weighted by Crippen LogP contribution is -2.36. The molecule has 96 valence electrons. The molecule has 1 rings (SSSR count). The fraction of sp³-hybridized carbons (Fsp3) is 0.636. The molecule has 0 aliphatic heterocycles. The zero-order valence-corrected chi connectivity index (χ0v) is 10.6. The number of nitrogens with zero attached hydrogens (tertiary/aromatic N) is 2. The molecule has 2 N–H and O–H groups in total. The fourth-order valence-electron chi connectivity index (χ4n) is 1.54. The first kappa shape index (κ1) is 13.5. The molecule has 6 nitrogen and oxygen atoms in total. The van der Waals surface area contributed by atoms with E-state index >= 15 is 0 Å². The van der Waals surface area contributed by atoms with Gasteiger partial charge in [-0.3, -0.25) is 9.36 Å². The summed E-state index contributed by atoms with van der Waals surface area (Å²) >= 11 is 0. The van der Waals surface area contributed by atoms with Crippen LogP contribution >= 0.6 is 0 Å². The highest BCUT2D eigenvalue weighted by Crippen LogP contribution is 2.00. The number of hydrogen-bond donors (Lipinski definition) is 2. The maximum atomic E-state index is 11.3. The van der Waals surface area contributed by atoms with Crippen LogP contribution in [0.4, 0.5) is 0 Å². The van der Waals surface area contributed by atoms with Crippen molar-refractivity contribution in [1.29, 1.82) is 0 Å². The Morgan fingerprint density at radius 3 is 2.88 bits per heavy atom. The molecule has 1 aromatic rings. The summed E-state index contributed by atoms with van der Waals surface area (Å²) in [5.41, 5.74) is -0.0997. The van der Waals surface area contributed by atoms with Crippen LogP contribution in [0.3, 0.4) is 0 Å². The lowest BCUT2D eigenvalue weighted by atomic mass is 10.2. The van der Waals surface area contributed by atoms with E-state index in [1.54, 1.807) is 24.0 Å². The molecule has 0 aromatic carbocycles. The first-order valence-corrected chi connectivity index (χ1v) is 5.69. The highest BCUT2D eigenvalue weighted by molar-refractivity contribution is 5.76. The number of H-pyrrole nitrogens is 1. The molecule has 0 saturated heterocycles. The average molecular weight is 240 g/mol. The Kier molecular flexibility index (Phi) is 4.96. The van der Waals surface area contributed by atoms with Crippen molar-refractivity contribution in [3.63, 3.8) is 0 Å². The predicted molar refractivity (Wildman–Crippen MR) is 65.8 cm³/mol. The van der Waals surface area contributed by atoms with Crippen LogP contribution < -0.4 is 11.0 Å². The van der Waals surface area contributed by atoms with Crippen molar-refractivity contribution in [2.45, 2.75) is 25.9 Å². The van der Waals surface area contributed by atoms with Crippen molar-refractivity contribution >= 4 is 5.91 Å². The van der Waals surface area contributed by atoms with E-state index in [1.165, 1.54) is 0 Å². The van der Waals surface area contributed by atoms with E-state index in [1.807, 2.05) is 14.0 Å². The molecule has 0 spiro atoms. The number of imidazole rings is 1. The molecule has 1 amide bonds. The van der Waals surface area contributed by atoms with Gasteiger partial charge < -0.3 is 15.2 Å². The van der Waals surface area contributed by atoms with Gasteiger partial charge in [0.1, 0.15) is 0 Å².